The van der Waals surface area contributed by atoms with Gasteiger partial charge in [0.25, 0.3) is 0 Å². The number of carbonyl (C=O) groups excluding carboxylic acids is 1. The van der Waals surface area contributed by atoms with Crippen LogP contribution in [0.1, 0.15) is 37.3 Å². The lowest BCUT2D eigenvalue weighted by atomic mass is 10.0. The monoisotopic (exact) mass is 483 g/mol. The van der Waals surface area contributed by atoms with Crippen LogP contribution in [0, 0.1) is 13.8 Å². The van der Waals surface area contributed by atoms with Gasteiger partial charge in [-0.1, -0.05) is 50.1 Å². The maximum atomic E-state index is 13.3. The Hall–Kier alpha value is -2.61. The fourth-order valence-electron chi connectivity index (χ4n) is 4.63. The molecule has 35 heavy (non-hydrogen) atoms. The highest BCUT2D eigenvalue weighted by molar-refractivity contribution is 5.96. The molecule has 0 spiro atoms. The Bertz CT molecular complexity index is 923. The number of amides is 1. The molecule has 1 fully saturated rings. The van der Waals surface area contributed by atoms with E-state index in [2.05, 4.69) is 22.0 Å². The van der Waals surface area contributed by atoms with Gasteiger partial charge in [0.05, 0.1) is 13.2 Å². The molecule has 0 bridgehead atoms. The van der Waals surface area contributed by atoms with Crippen LogP contribution in [0.4, 0.5) is 5.69 Å². The lowest BCUT2D eigenvalue weighted by molar-refractivity contribution is -0.122. The molecular formula is C28H41N3O4. The van der Waals surface area contributed by atoms with Gasteiger partial charge < -0.3 is 19.9 Å². The minimum Gasteiger partial charge on any atom is -0.493 e. The summed E-state index contributed by atoms with van der Waals surface area (Å²) < 4.78 is 11.1. The maximum absolute atomic E-state index is 13.3. The predicted octanol–water partition coefficient (Wildman–Crippen LogP) is 3.87. The van der Waals surface area contributed by atoms with Gasteiger partial charge >= 0.3 is 0 Å². The van der Waals surface area contributed by atoms with Crippen LogP contribution in [0.25, 0.3) is 0 Å². The second-order valence-electron chi connectivity index (χ2n) is 9.37. The highest BCUT2D eigenvalue weighted by atomic mass is 16.5. The summed E-state index contributed by atoms with van der Waals surface area (Å²) in [6, 6.07) is 13.4. The quantitative estimate of drug-likeness (QED) is 0.478. The predicted molar refractivity (Wildman–Crippen MR) is 140 cm³/mol. The average molecular weight is 484 g/mol. The van der Waals surface area contributed by atoms with E-state index in [1.54, 1.807) is 7.11 Å². The van der Waals surface area contributed by atoms with Crippen molar-refractivity contribution in [3.63, 3.8) is 0 Å². The van der Waals surface area contributed by atoms with Gasteiger partial charge in [0.15, 0.2) is 11.5 Å². The van der Waals surface area contributed by atoms with E-state index in [1.165, 1.54) is 0 Å². The van der Waals surface area contributed by atoms with Crippen LogP contribution in [-0.4, -0.2) is 79.4 Å². The molecule has 2 aromatic carbocycles. The number of rotatable bonds is 12. The normalized spacial score (nSPS) is 16.5. The van der Waals surface area contributed by atoms with E-state index in [4.69, 9.17) is 9.47 Å². The van der Waals surface area contributed by atoms with Gasteiger partial charge in [-0.05, 0) is 43.5 Å². The van der Waals surface area contributed by atoms with Crippen molar-refractivity contribution in [1.29, 1.82) is 0 Å². The molecule has 0 aromatic heterocycles. The number of nitrogens with one attached hydrogen (secondary N) is 1. The van der Waals surface area contributed by atoms with Crippen molar-refractivity contribution in [3.8, 4) is 11.5 Å². The van der Waals surface area contributed by atoms with Crippen molar-refractivity contribution >= 4 is 11.6 Å². The lowest BCUT2D eigenvalue weighted by Crippen LogP contribution is -2.55. The van der Waals surface area contributed by atoms with Gasteiger partial charge in [0.1, 0.15) is 12.7 Å². The number of ether oxygens (including phenoxy) is 2. The molecule has 0 aliphatic carbocycles. The van der Waals surface area contributed by atoms with Gasteiger partial charge in [-0.3, -0.25) is 14.6 Å². The molecule has 2 atom stereocenters. The molecule has 2 aromatic rings. The number of benzene rings is 2. The van der Waals surface area contributed by atoms with Gasteiger partial charge in [-0.25, -0.2) is 0 Å². The average Bonchev–Trinajstić information content (AvgIpc) is 2.86. The third kappa shape index (κ3) is 7.69. The van der Waals surface area contributed by atoms with Crippen LogP contribution in [-0.2, 0) is 4.79 Å². The zero-order chi connectivity index (χ0) is 25.2. The summed E-state index contributed by atoms with van der Waals surface area (Å²) in [6.07, 6.45) is 2.33. The number of β-amino-alcohol motifs (C(OH)–C–C–N with tert-alkyl or cyclic N) is 1. The van der Waals surface area contributed by atoms with E-state index in [9.17, 15) is 9.90 Å². The number of methoxy groups -OCH3 is 1. The van der Waals surface area contributed by atoms with Crippen LogP contribution in [0.15, 0.2) is 42.5 Å². The first-order chi connectivity index (χ1) is 16.9. The highest BCUT2D eigenvalue weighted by Crippen LogP contribution is 2.26. The number of carbonyl (C=O) groups is 1. The molecule has 3 rings (SSSR count). The highest BCUT2D eigenvalue weighted by Gasteiger charge is 2.29. The number of hydrogen-bond acceptors (Lipinski definition) is 6. The first-order valence-electron chi connectivity index (χ1n) is 12.7. The van der Waals surface area contributed by atoms with Gasteiger partial charge in [-0.15, -0.1) is 0 Å². The van der Waals surface area contributed by atoms with Crippen LogP contribution in [0.5, 0.6) is 11.5 Å². The van der Waals surface area contributed by atoms with Gasteiger partial charge in [0, 0.05) is 38.4 Å². The molecule has 2 N–H and O–H groups in total. The molecule has 7 nitrogen and oxygen atoms in total. The summed E-state index contributed by atoms with van der Waals surface area (Å²) in [5.41, 5.74) is 3.10. The van der Waals surface area contributed by atoms with E-state index < -0.39 is 6.10 Å². The molecule has 0 saturated carbocycles. The van der Waals surface area contributed by atoms with Crippen molar-refractivity contribution in [2.75, 3.05) is 51.8 Å². The molecule has 192 valence electrons. The van der Waals surface area contributed by atoms with Crippen molar-refractivity contribution < 1.29 is 19.4 Å². The Morgan fingerprint density at radius 2 is 1.69 bits per heavy atom. The zero-order valence-corrected chi connectivity index (χ0v) is 21.6. The van der Waals surface area contributed by atoms with Crippen molar-refractivity contribution in [1.82, 2.24) is 9.80 Å². The fraction of sp³-hybridized carbons (Fsp3) is 0.536. The lowest BCUT2D eigenvalue weighted by Gasteiger charge is -2.39. The summed E-state index contributed by atoms with van der Waals surface area (Å²) in [7, 11) is 1.61. The minimum atomic E-state index is -0.602. The molecule has 1 aliphatic heterocycles. The smallest absolute Gasteiger partial charge is 0.241 e. The first-order valence-corrected chi connectivity index (χ1v) is 12.7. The number of aliphatic hydroxyl groups excluding tert-OH is 1. The van der Waals surface area contributed by atoms with Gasteiger partial charge in [-0.2, -0.15) is 0 Å². The van der Waals surface area contributed by atoms with E-state index in [-0.39, 0.29) is 18.6 Å². The first kappa shape index (κ1) is 27.0. The van der Waals surface area contributed by atoms with Gasteiger partial charge in [0.2, 0.25) is 5.91 Å². The SMILES string of the molecule is CCCCC(C(=O)Nc1c(C)cccc1C)N1CCN(CC(O)COc2ccccc2OC)CC1. The van der Waals surface area contributed by atoms with Crippen LogP contribution >= 0.6 is 0 Å². The molecule has 7 heteroatoms. The number of aryl methyl sites for hydroxylation is 2. The van der Waals surface area contributed by atoms with Crippen molar-refractivity contribution in [2.45, 2.75) is 52.2 Å². The number of para-hydroxylation sites is 3. The van der Waals surface area contributed by atoms with Crippen molar-refractivity contribution in [2.24, 2.45) is 0 Å². The summed E-state index contributed by atoms with van der Waals surface area (Å²) in [6.45, 7) is 10.2. The number of anilines is 1. The Kier molecular flexibility index (Phi) is 10.4. The number of hydrogen-bond donors (Lipinski definition) is 2. The van der Waals surface area contributed by atoms with E-state index >= 15 is 0 Å². The number of aliphatic hydroxyl groups is 1. The Labute approximate surface area is 210 Å². The Morgan fingerprint density at radius 1 is 1.03 bits per heavy atom. The van der Waals surface area contributed by atoms with E-state index in [1.807, 2.05) is 56.3 Å². The Balaban J connectivity index is 1.51. The maximum Gasteiger partial charge on any atom is 0.241 e. The standard InChI is InChI=1S/C28H41N3O4/c1-5-6-12-24(28(33)29-27-21(2)10-9-11-22(27)3)31-17-15-30(16-18-31)19-23(32)20-35-26-14-8-7-13-25(26)34-4/h7-11,13-14,23-24,32H,5-6,12,15-20H2,1-4H3,(H,29,33). The number of unbranched alkanes of at least 4 members (excludes halogenated alkanes) is 1. The number of piperazine rings is 1. The molecule has 1 saturated heterocycles. The van der Waals surface area contributed by atoms with Crippen LogP contribution in [0.2, 0.25) is 0 Å². The second-order valence-corrected chi connectivity index (χ2v) is 9.37. The summed E-state index contributed by atoms with van der Waals surface area (Å²) >= 11 is 0. The second kappa shape index (κ2) is 13.5. The molecule has 2 unspecified atom stereocenters. The van der Waals surface area contributed by atoms with Crippen LogP contribution < -0.4 is 14.8 Å². The fourth-order valence-corrected chi connectivity index (χ4v) is 4.63. The summed E-state index contributed by atoms with van der Waals surface area (Å²) in [4.78, 5) is 17.9. The third-order valence-corrected chi connectivity index (χ3v) is 6.68. The Morgan fingerprint density at radius 3 is 2.31 bits per heavy atom. The minimum absolute atomic E-state index is 0.0783. The van der Waals surface area contributed by atoms with Crippen LogP contribution in [0.3, 0.4) is 0 Å². The molecule has 0 radical (unpaired) electrons. The largest absolute Gasteiger partial charge is 0.493 e. The summed E-state index contributed by atoms with van der Waals surface area (Å²) in [5, 5.41) is 13.7. The van der Waals surface area contributed by atoms with Crippen molar-refractivity contribution in [3.05, 3.63) is 53.6 Å². The molecule has 1 heterocycles. The zero-order valence-electron chi connectivity index (χ0n) is 21.6. The topological polar surface area (TPSA) is 74.3 Å². The van der Waals surface area contributed by atoms with E-state index in [0.717, 1.165) is 62.3 Å². The molecule has 1 amide bonds. The molecular weight excluding hydrogens is 442 g/mol. The van der Waals surface area contributed by atoms with E-state index in [0.29, 0.717) is 18.0 Å². The molecule has 1 aliphatic rings. The third-order valence-electron chi connectivity index (χ3n) is 6.68. The number of nitrogens with zero attached hydrogens (tertiary/aromatic N) is 2. The summed E-state index contributed by atoms with van der Waals surface area (Å²) in [5.74, 6) is 1.37.